The molecule has 0 unspecified atom stereocenters. The van der Waals surface area contributed by atoms with Crippen LogP contribution in [0, 0.1) is 17.5 Å². The Morgan fingerprint density at radius 3 is 2.48 bits per heavy atom. The summed E-state index contributed by atoms with van der Waals surface area (Å²) in [7, 11) is 1.18. The zero-order valence-corrected chi connectivity index (χ0v) is 14.0. The summed E-state index contributed by atoms with van der Waals surface area (Å²) >= 11 is 0. The molecular weight excluding hydrogens is 365 g/mol. The molecule has 0 radical (unpaired) electrons. The molecule has 0 aliphatic rings. The van der Waals surface area contributed by atoms with Gasteiger partial charge in [-0.25, -0.2) is 22.9 Å². The molecule has 0 saturated carbocycles. The molecule has 0 spiro atoms. The standard InChI is InChI=1S/C18H13F3N2O4/c1-25-18(24)23(17-6-7-22-27-17)15-4-2-3-5-16(15)26-10-12-13(20)8-11(19)9-14(12)21/h2-9H,10H2,1H3. The molecule has 0 fully saturated rings. The van der Waals surface area contributed by atoms with Crippen molar-refractivity contribution in [1.82, 2.24) is 5.16 Å². The van der Waals surface area contributed by atoms with Gasteiger partial charge in [-0.2, -0.15) is 0 Å². The van der Waals surface area contributed by atoms with E-state index in [4.69, 9.17) is 14.0 Å². The lowest BCUT2D eigenvalue weighted by Gasteiger charge is -2.21. The van der Waals surface area contributed by atoms with Crippen LogP contribution in [0.3, 0.4) is 0 Å². The smallest absolute Gasteiger partial charge is 0.421 e. The first kappa shape index (κ1) is 18.3. The van der Waals surface area contributed by atoms with E-state index < -0.39 is 35.7 Å². The molecule has 6 nitrogen and oxygen atoms in total. The molecule has 1 heterocycles. The Hall–Kier alpha value is -3.49. The average molecular weight is 378 g/mol. The van der Waals surface area contributed by atoms with Gasteiger partial charge in [0.05, 0.1) is 24.6 Å². The minimum atomic E-state index is -1.08. The number of para-hydroxylation sites is 2. The second-order valence-electron chi connectivity index (χ2n) is 5.26. The zero-order valence-electron chi connectivity index (χ0n) is 14.0. The maximum atomic E-state index is 13.8. The van der Waals surface area contributed by atoms with Gasteiger partial charge in [-0.1, -0.05) is 17.3 Å². The number of carbonyl (C=O) groups is 1. The van der Waals surface area contributed by atoms with E-state index in [2.05, 4.69) is 5.16 Å². The highest BCUT2D eigenvalue weighted by Crippen LogP contribution is 2.35. The van der Waals surface area contributed by atoms with Crippen LogP contribution in [-0.2, 0) is 11.3 Å². The Labute approximate surface area is 151 Å². The third-order valence-corrected chi connectivity index (χ3v) is 3.59. The number of methoxy groups -OCH3 is 1. The van der Waals surface area contributed by atoms with Crippen molar-refractivity contribution in [3.05, 3.63) is 71.7 Å². The van der Waals surface area contributed by atoms with E-state index in [9.17, 15) is 18.0 Å². The Bertz CT molecular complexity index is 925. The van der Waals surface area contributed by atoms with Crippen LogP contribution in [0.15, 0.2) is 53.2 Å². The van der Waals surface area contributed by atoms with E-state index in [0.717, 1.165) is 4.90 Å². The number of carbonyl (C=O) groups excluding carboxylic acids is 1. The highest BCUT2D eigenvalue weighted by molar-refractivity contribution is 5.96. The zero-order chi connectivity index (χ0) is 19.4. The predicted molar refractivity (Wildman–Crippen MR) is 88.1 cm³/mol. The lowest BCUT2D eigenvalue weighted by atomic mass is 10.2. The summed E-state index contributed by atoms with van der Waals surface area (Å²) in [4.78, 5) is 13.2. The number of amides is 1. The fourth-order valence-corrected chi connectivity index (χ4v) is 2.35. The number of anilines is 2. The van der Waals surface area contributed by atoms with Crippen LogP contribution >= 0.6 is 0 Å². The van der Waals surface area contributed by atoms with Gasteiger partial charge in [0.15, 0.2) is 0 Å². The molecule has 0 bridgehead atoms. The minimum Gasteiger partial charge on any atom is -0.486 e. The largest absolute Gasteiger partial charge is 0.486 e. The van der Waals surface area contributed by atoms with E-state index >= 15 is 0 Å². The van der Waals surface area contributed by atoms with Crippen molar-refractivity contribution in [3.8, 4) is 5.75 Å². The number of benzene rings is 2. The maximum absolute atomic E-state index is 13.8. The second-order valence-corrected chi connectivity index (χ2v) is 5.26. The van der Waals surface area contributed by atoms with Gasteiger partial charge in [0.1, 0.15) is 29.8 Å². The Morgan fingerprint density at radius 1 is 1.15 bits per heavy atom. The molecule has 9 heteroatoms. The first-order valence-corrected chi connectivity index (χ1v) is 7.65. The minimum absolute atomic E-state index is 0.0528. The fourth-order valence-electron chi connectivity index (χ4n) is 2.35. The number of hydrogen-bond acceptors (Lipinski definition) is 5. The Kier molecular flexibility index (Phi) is 5.30. The quantitative estimate of drug-likeness (QED) is 0.650. The third-order valence-electron chi connectivity index (χ3n) is 3.59. The molecule has 1 amide bonds. The van der Waals surface area contributed by atoms with Crippen molar-refractivity contribution in [3.63, 3.8) is 0 Å². The Morgan fingerprint density at radius 2 is 1.85 bits per heavy atom. The third kappa shape index (κ3) is 3.86. The number of nitrogens with zero attached hydrogens (tertiary/aromatic N) is 2. The maximum Gasteiger partial charge on any atom is 0.421 e. The van der Waals surface area contributed by atoms with Crippen molar-refractivity contribution in [2.75, 3.05) is 12.0 Å². The lowest BCUT2D eigenvalue weighted by molar-refractivity contribution is 0.179. The molecule has 0 aliphatic carbocycles. The van der Waals surface area contributed by atoms with Gasteiger partial charge in [0.2, 0.25) is 5.88 Å². The van der Waals surface area contributed by atoms with E-state index in [1.54, 1.807) is 12.1 Å². The second kappa shape index (κ2) is 7.81. The molecule has 0 atom stereocenters. The number of halogens is 3. The molecule has 3 rings (SSSR count). The van der Waals surface area contributed by atoms with Gasteiger partial charge in [-0.05, 0) is 12.1 Å². The van der Waals surface area contributed by atoms with Crippen molar-refractivity contribution in [2.24, 2.45) is 0 Å². The summed E-state index contributed by atoms with van der Waals surface area (Å²) in [5.74, 6) is -3.02. The molecule has 1 aromatic heterocycles. The van der Waals surface area contributed by atoms with E-state index in [1.165, 1.54) is 31.5 Å². The van der Waals surface area contributed by atoms with Crippen LogP contribution < -0.4 is 9.64 Å². The number of ether oxygens (including phenoxy) is 2. The lowest BCUT2D eigenvalue weighted by Crippen LogP contribution is -2.25. The van der Waals surface area contributed by atoms with Gasteiger partial charge in [0, 0.05) is 18.2 Å². The summed E-state index contributed by atoms with van der Waals surface area (Å²) < 4.78 is 55.9. The Balaban J connectivity index is 1.93. The summed E-state index contributed by atoms with van der Waals surface area (Å²) in [6.45, 7) is -0.527. The van der Waals surface area contributed by atoms with Crippen molar-refractivity contribution in [1.29, 1.82) is 0 Å². The van der Waals surface area contributed by atoms with Crippen LogP contribution in [0.25, 0.3) is 0 Å². The summed E-state index contributed by atoms with van der Waals surface area (Å²) in [6, 6.07) is 8.77. The number of aromatic nitrogens is 1. The molecular formula is C18H13F3N2O4. The van der Waals surface area contributed by atoms with Crippen molar-refractivity contribution >= 4 is 17.7 Å². The van der Waals surface area contributed by atoms with Gasteiger partial charge in [-0.3, -0.25) is 0 Å². The molecule has 2 aromatic carbocycles. The normalized spacial score (nSPS) is 10.5. The summed E-state index contributed by atoms with van der Waals surface area (Å²) in [5.41, 5.74) is -0.250. The number of hydrogen-bond donors (Lipinski definition) is 0. The van der Waals surface area contributed by atoms with Crippen LogP contribution in [0.4, 0.5) is 29.5 Å². The molecule has 0 saturated heterocycles. The number of rotatable bonds is 5. The SMILES string of the molecule is COC(=O)N(c1ccno1)c1ccccc1OCc1c(F)cc(F)cc1F. The molecule has 140 valence electrons. The van der Waals surface area contributed by atoms with Gasteiger partial charge in [0.25, 0.3) is 0 Å². The molecule has 0 N–H and O–H groups in total. The van der Waals surface area contributed by atoms with E-state index in [1.807, 2.05) is 0 Å². The average Bonchev–Trinajstić information content (AvgIpc) is 3.16. The topological polar surface area (TPSA) is 64.8 Å². The van der Waals surface area contributed by atoms with Crippen LogP contribution in [-0.4, -0.2) is 18.4 Å². The van der Waals surface area contributed by atoms with Crippen LogP contribution in [0.1, 0.15) is 5.56 Å². The summed E-state index contributed by atoms with van der Waals surface area (Å²) in [5, 5.41) is 3.54. The van der Waals surface area contributed by atoms with E-state index in [-0.39, 0.29) is 17.3 Å². The highest BCUT2D eigenvalue weighted by atomic mass is 19.1. The van der Waals surface area contributed by atoms with Gasteiger partial charge in [-0.15, -0.1) is 0 Å². The van der Waals surface area contributed by atoms with Gasteiger partial charge < -0.3 is 14.0 Å². The van der Waals surface area contributed by atoms with E-state index in [0.29, 0.717) is 12.1 Å². The molecule has 27 heavy (non-hydrogen) atoms. The predicted octanol–water partition coefficient (Wildman–Crippen LogP) is 4.58. The van der Waals surface area contributed by atoms with Crippen LogP contribution in [0.2, 0.25) is 0 Å². The molecule has 0 aliphatic heterocycles. The molecule has 3 aromatic rings. The fraction of sp³-hybridized carbons (Fsp3) is 0.111. The monoisotopic (exact) mass is 378 g/mol. The van der Waals surface area contributed by atoms with Gasteiger partial charge >= 0.3 is 6.09 Å². The highest BCUT2D eigenvalue weighted by Gasteiger charge is 2.25. The first-order valence-electron chi connectivity index (χ1n) is 7.65. The van der Waals surface area contributed by atoms with Crippen molar-refractivity contribution < 1.29 is 32.0 Å². The van der Waals surface area contributed by atoms with Crippen molar-refractivity contribution in [2.45, 2.75) is 6.61 Å². The van der Waals surface area contributed by atoms with Crippen LogP contribution in [0.5, 0.6) is 5.75 Å². The first-order chi connectivity index (χ1) is 13.0. The summed E-state index contributed by atoms with van der Waals surface area (Å²) in [6.07, 6.45) is 0.541.